The Labute approximate surface area is 112 Å². The maximum Gasteiger partial charge on any atom is 0.0468 e. The van der Waals surface area contributed by atoms with Crippen LogP contribution in [0.2, 0.25) is 0 Å². The fourth-order valence-electron chi connectivity index (χ4n) is 3.00. The molecule has 1 aliphatic carbocycles. The van der Waals surface area contributed by atoms with Crippen LogP contribution in [0.1, 0.15) is 17.7 Å². The summed E-state index contributed by atoms with van der Waals surface area (Å²) < 4.78 is 0. The van der Waals surface area contributed by atoms with Crippen molar-refractivity contribution in [3.8, 4) is 11.1 Å². The number of H-pyrrole nitrogens is 1. The quantitative estimate of drug-likeness (QED) is 0.634. The number of aromatic nitrogens is 1. The molecule has 0 aliphatic heterocycles. The van der Waals surface area contributed by atoms with Gasteiger partial charge in [-0.15, -0.1) is 0 Å². The van der Waals surface area contributed by atoms with Crippen LogP contribution in [0.3, 0.4) is 0 Å². The Morgan fingerprint density at radius 1 is 0.895 bits per heavy atom. The smallest absolute Gasteiger partial charge is 0.0468 e. The lowest BCUT2D eigenvalue weighted by Crippen LogP contribution is -1.91. The van der Waals surface area contributed by atoms with Gasteiger partial charge in [0, 0.05) is 22.2 Å². The molecule has 1 aromatic heterocycles. The Morgan fingerprint density at radius 3 is 2.68 bits per heavy atom. The number of rotatable bonds is 1. The average Bonchev–Trinajstić information content (AvgIpc) is 2.86. The zero-order valence-corrected chi connectivity index (χ0v) is 10.7. The SMILES string of the molecule is C1=Cc2c([nH]c3cccc(-c4ccccc4)c23)CC1. The molecule has 0 saturated heterocycles. The van der Waals surface area contributed by atoms with Crippen LogP contribution in [0.4, 0.5) is 0 Å². The van der Waals surface area contributed by atoms with Gasteiger partial charge in [-0.05, 0) is 30.0 Å². The molecule has 1 N–H and O–H groups in total. The van der Waals surface area contributed by atoms with Crippen LogP contribution >= 0.6 is 0 Å². The van der Waals surface area contributed by atoms with E-state index in [1.54, 1.807) is 0 Å². The highest BCUT2D eigenvalue weighted by atomic mass is 14.7. The zero-order chi connectivity index (χ0) is 12.7. The third-order valence-electron chi connectivity index (χ3n) is 3.87. The van der Waals surface area contributed by atoms with Gasteiger partial charge in [0.05, 0.1) is 0 Å². The molecule has 1 nitrogen and oxygen atoms in total. The van der Waals surface area contributed by atoms with Crippen molar-refractivity contribution in [3.05, 3.63) is 65.9 Å². The molecule has 1 aliphatic rings. The Kier molecular flexibility index (Phi) is 2.31. The third kappa shape index (κ3) is 1.62. The van der Waals surface area contributed by atoms with Gasteiger partial charge in [0.2, 0.25) is 0 Å². The molecular formula is C18H15N. The predicted octanol–water partition coefficient (Wildman–Crippen LogP) is 4.79. The van der Waals surface area contributed by atoms with Crippen molar-refractivity contribution >= 4 is 17.0 Å². The fourth-order valence-corrected chi connectivity index (χ4v) is 3.00. The zero-order valence-electron chi connectivity index (χ0n) is 10.7. The fraction of sp³-hybridized carbons (Fsp3) is 0.111. The van der Waals surface area contributed by atoms with Crippen molar-refractivity contribution in [1.29, 1.82) is 0 Å². The first-order valence-corrected chi connectivity index (χ1v) is 6.79. The highest BCUT2D eigenvalue weighted by molar-refractivity contribution is 6.02. The maximum atomic E-state index is 3.57. The summed E-state index contributed by atoms with van der Waals surface area (Å²) in [6.45, 7) is 0. The second-order valence-electron chi connectivity index (χ2n) is 5.05. The predicted molar refractivity (Wildman–Crippen MR) is 81.1 cm³/mol. The molecule has 2 aromatic carbocycles. The molecule has 0 amide bonds. The summed E-state index contributed by atoms with van der Waals surface area (Å²) >= 11 is 0. The van der Waals surface area contributed by atoms with E-state index in [-0.39, 0.29) is 0 Å². The van der Waals surface area contributed by atoms with Gasteiger partial charge in [0.25, 0.3) is 0 Å². The number of hydrogen-bond acceptors (Lipinski definition) is 0. The van der Waals surface area contributed by atoms with Crippen LogP contribution in [-0.4, -0.2) is 4.98 Å². The number of aromatic amines is 1. The Balaban J connectivity index is 2.07. The van der Waals surface area contributed by atoms with Gasteiger partial charge in [-0.3, -0.25) is 0 Å². The van der Waals surface area contributed by atoms with Gasteiger partial charge in [-0.25, -0.2) is 0 Å². The van der Waals surface area contributed by atoms with Gasteiger partial charge >= 0.3 is 0 Å². The van der Waals surface area contributed by atoms with Crippen LogP contribution in [0.5, 0.6) is 0 Å². The maximum absolute atomic E-state index is 3.57. The van der Waals surface area contributed by atoms with E-state index in [0.29, 0.717) is 0 Å². The molecule has 1 heterocycles. The van der Waals surface area contributed by atoms with Crippen LogP contribution in [0.15, 0.2) is 54.6 Å². The summed E-state index contributed by atoms with van der Waals surface area (Å²) in [5.41, 5.74) is 6.61. The number of hydrogen-bond donors (Lipinski definition) is 1. The summed E-state index contributed by atoms with van der Waals surface area (Å²) in [5.74, 6) is 0. The lowest BCUT2D eigenvalue weighted by atomic mass is 9.96. The standard InChI is InChI=1S/C18H15N/c1-2-7-13(8-3-1)14-10-6-12-17-18(14)15-9-4-5-11-16(15)19-17/h1-4,6-10,12,19H,5,11H2. The van der Waals surface area contributed by atoms with E-state index in [2.05, 4.69) is 65.7 Å². The first kappa shape index (κ1) is 10.6. The topological polar surface area (TPSA) is 15.8 Å². The number of aryl methyl sites for hydroxylation is 1. The number of fused-ring (bicyclic) bond motifs is 3. The van der Waals surface area contributed by atoms with Gasteiger partial charge in [0.1, 0.15) is 0 Å². The molecule has 92 valence electrons. The van der Waals surface area contributed by atoms with E-state index in [9.17, 15) is 0 Å². The molecule has 0 atom stereocenters. The first-order chi connectivity index (χ1) is 9.43. The highest BCUT2D eigenvalue weighted by Gasteiger charge is 2.14. The lowest BCUT2D eigenvalue weighted by molar-refractivity contribution is 0.951. The summed E-state index contributed by atoms with van der Waals surface area (Å²) in [6, 6.07) is 17.2. The second-order valence-corrected chi connectivity index (χ2v) is 5.05. The van der Waals surface area contributed by atoms with Crippen molar-refractivity contribution in [3.63, 3.8) is 0 Å². The molecule has 0 radical (unpaired) electrons. The monoisotopic (exact) mass is 245 g/mol. The van der Waals surface area contributed by atoms with Crippen LogP contribution < -0.4 is 0 Å². The molecule has 0 saturated carbocycles. The van der Waals surface area contributed by atoms with Crippen LogP contribution in [-0.2, 0) is 6.42 Å². The van der Waals surface area contributed by atoms with Crippen LogP contribution in [0, 0.1) is 0 Å². The van der Waals surface area contributed by atoms with Gasteiger partial charge < -0.3 is 4.98 Å². The Morgan fingerprint density at radius 2 is 1.79 bits per heavy atom. The summed E-state index contributed by atoms with van der Waals surface area (Å²) in [4.78, 5) is 3.57. The number of allylic oxidation sites excluding steroid dienone is 1. The van der Waals surface area contributed by atoms with Gasteiger partial charge in [0.15, 0.2) is 0 Å². The summed E-state index contributed by atoms with van der Waals surface area (Å²) in [6.07, 6.45) is 6.80. The van der Waals surface area contributed by atoms with Crippen molar-refractivity contribution in [2.24, 2.45) is 0 Å². The van der Waals surface area contributed by atoms with Crippen molar-refractivity contribution < 1.29 is 0 Å². The first-order valence-electron chi connectivity index (χ1n) is 6.79. The van der Waals surface area contributed by atoms with Crippen molar-refractivity contribution in [2.75, 3.05) is 0 Å². The van der Waals surface area contributed by atoms with E-state index in [1.807, 2.05) is 0 Å². The highest BCUT2D eigenvalue weighted by Crippen LogP contribution is 2.35. The average molecular weight is 245 g/mol. The van der Waals surface area contributed by atoms with E-state index < -0.39 is 0 Å². The van der Waals surface area contributed by atoms with Crippen LogP contribution in [0.25, 0.3) is 28.1 Å². The molecule has 19 heavy (non-hydrogen) atoms. The van der Waals surface area contributed by atoms with Crippen molar-refractivity contribution in [2.45, 2.75) is 12.8 Å². The van der Waals surface area contributed by atoms with Gasteiger partial charge in [-0.2, -0.15) is 0 Å². The number of benzene rings is 2. The lowest BCUT2D eigenvalue weighted by Gasteiger charge is -2.07. The summed E-state index contributed by atoms with van der Waals surface area (Å²) in [5, 5.41) is 1.36. The normalized spacial score (nSPS) is 13.7. The molecule has 0 spiro atoms. The van der Waals surface area contributed by atoms with Crippen molar-refractivity contribution in [1.82, 2.24) is 4.98 Å². The second kappa shape index (κ2) is 4.13. The molecule has 0 bridgehead atoms. The Bertz CT molecular complexity index is 763. The minimum atomic E-state index is 1.12. The number of nitrogens with one attached hydrogen (secondary N) is 1. The minimum Gasteiger partial charge on any atom is -0.358 e. The Hall–Kier alpha value is -2.28. The third-order valence-corrected chi connectivity index (χ3v) is 3.87. The summed E-state index contributed by atoms with van der Waals surface area (Å²) in [7, 11) is 0. The molecule has 1 heteroatoms. The van der Waals surface area contributed by atoms with E-state index >= 15 is 0 Å². The molecule has 4 rings (SSSR count). The van der Waals surface area contributed by atoms with E-state index in [0.717, 1.165) is 12.8 Å². The molecule has 0 unspecified atom stereocenters. The molecule has 0 fully saturated rings. The van der Waals surface area contributed by atoms with E-state index in [4.69, 9.17) is 0 Å². The molecule has 3 aromatic rings. The van der Waals surface area contributed by atoms with Gasteiger partial charge in [-0.1, -0.05) is 54.6 Å². The largest absolute Gasteiger partial charge is 0.358 e. The molecular weight excluding hydrogens is 230 g/mol. The minimum absolute atomic E-state index is 1.12. The van der Waals surface area contributed by atoms with E-state index in [1.165, 1.54) is 33.3 Å².